The lowest BCUT2D eigenvalue weighted by Gasteiger charge is -2.38. The van der Waals surface area contributed by atoms with Gasteiger partial charge in [0.05, 0.1) is 6.04 Å². The average molecular weight is 403 g/mol. The highest BCUT2D eigenvalue weighted by molar-refractivity contribution is 9.10. The predicted molar refractivity (Wildman–Crippen MR) is 96.0 cm³/mol. The van der Waals surface area contributed by atoms with E-state index >= 15 is 0 Å². The Bertz CT molecular complexity index is 539. The predicted octanol–water partition coefficient (Wildman–Crippen LogP) is 3.69. The molecule has 0 spiro atoms. The third-order valence-electron chi connectivity index (χ3n) is 3.96. The first-order chi connectivity index (χ1) is 10.8. The molecule has 1 aliphatic heterocycles. The lowest BCUT2D eigenvalue weighted by atomic mass is 10.0. The third-order valence-corrected chi connectivity index (χ3v) is 5.13. The maximum absolute atomic E-state index is 12.3. The fourth-order valence-corrected chi connectivity index (χ4v) is 3.55. The van der Waals surface area contributed by atoms with Gasteiger partial charge < -0.3 is 14.7 Å². The zero-order valence-corrected chi connectivity index (χ0v) is 16.0. The van der Waals surface area contributed by atoms with Crippen LogP contribution >= 0.6 is 27.9 Å². The second-order valence-electron chi connectivity index (χ2n) is 6.00. The molecule has 0 saturated carbocycles. The fraction of sp³-hybridized carbons (Fsp3) is 0.562. The van der Waals surface area contributed by atoms with Gasteiger partial charge in [-0.3, -0.25) is 0 Å². The molecule has 1 amide bonds. The van der Waals surface area contributed by atoms with E-state index in [1.807, 2.05) is 37.4 Å². The second-order valence-corrected chi connectivity index (χ2v) is 7.53. The van der Waals surface area contributed by atoms with Gasteiger partial charge in [-0.25, -0.2) is 9.52 Å². The Labute approximate surface area is 150 Å². The summed E-state index contributed by atoms with van der Waals surface area (Å²) in [6.07, 6.45) is 2.34. The third kappa shape index (κ3) is 5.11. The van der Waals surface area contributed by atoms with Crippen molar-refractivity contribution in [1.29, 1.82) is 0 Å². The molecule has 2 N–H and O–H groups in total. The number of benzene rings is 1. The van der Waals surface area contributed by atoms with Crippen molar-refractivity contribution < 1.29 is 14.6 Å². The quantitative estimate of drug-likeness (QED) is 0.561. The maximum atomic E-state index is 12.3. The van der Waals surface area contributed by atoms with Crippen LogP contribution in [-0.2, 0) is 4.74 Å². The summed E-state index contributed by atoms with van der Waals surface area (Å²) in [6, 6.07) is 7.90. The first-order valence-electron chi connectivity index (χ1n) is 7.57. The summed E-state index contributed by atoms with van der Waals surface area (Å²) in [4.78, 5) is 14.0. The van der Waals surface area contributed by atoms with E-state index in [-0.39, 0.29) is 18.2 Å². The number of aliphatic hydroxyl groups is 1. The van der Waals surface area contributed by atoms with Crippen molar-refractivity contribution in [2.75, 3.05) is 12.8 Å². The molecule has 7 heteroatoms. The molecular formula is C16H23BrN2O3S. The van der Waals surface area contributed by atoms with E-state index < -0.39 is 5.72 Å². The summed E-state index contributed by atoms with van der Waals surface area (Å²) >= 11 is 4.76. The van der Waals surface area contributed by atoms with Gasteiger partial charge in [-0.1, -0.05) is 40.0 Å². The molecule has 1 aromatic rings. The minimum absolute atomic E-state index is 0.0404. The first-order valence-corrected chi connectivity index (χ1v) is 9.59. The smallest absolute Gasteiger partial charge is 0.410 e. The van der Waals surface area contributed by atoms with Crippen molar-refractivity contribution in [3.05, 3.63) is 34.3 Å². The zero-order chi connectivity index (χ0) is 17.0. The molecule has 0 radical (unpaired) electrons. The van der Waals surface area contributed by atoms with Gasteiger partial charge in [0, 0.05) is 23.9 Å². The van der Waals surface area contributed by atoms with E-state index in [9.17, 15) is 9.90 Å². The second kappa shape index (κ2) is 7.88. The van der Waals surface area contributed by atoms with Crippen molar-refractivity contribution in [3.63, 3.8) is 0 Å². The molecule has 5 nitrogen and oxygen atoms in total. The van der Waals surface area contributed by atoms with Gasteiger partial charge in [-0.2, -0.15) is 0 Å². The number of nitrogens with zero attached hydrogens (tertiary/aromatic N) is 1. The Morgan fingerprint density at radius 2 is 2.17 bits per heavy atom. The van der Waals surface area contributed by atoms with Crippen molar-refractivity contribution in [1.82, 2.24) is 9.62 Å². The molecule has 1 heterocycles. The number of ether oxygens (including phenoxy) is 1. The normalized spacial score (nSPS) is 22.4. The largest absolute Gasteiger partial charge is 0.446 e. The van der Waals surface area contributed by atoms with Crippen molar-refractivity contribution >= 4 is 34.0 Å². The highest BCUT2D eigenvalue weighted by Gasteiger charge is 2.34. The number of halogens is 1. The monoisotopic (exact) mass is 402 g/mol. The standard InChI is InChI=1S/C16H23BrN2O3S/c1-11(12-4-6-13(17)7-5-12)19-9-8-14(22-15(19)20)10-16(2,21)18-23-3/h4-7,11,14,18,21H,8-10H2,1-3H3. The van der Waals surface area contributed by atoms with Crippen LogP contribution in [0.2, 0.25) is 0 Å². The van der Waals surface area contributed by atoms with Crippen LogP contribution in [0.4, 0.5) is 4.79 Å². The summed E-state index contributed by atoms with van der Waals surface area (Å²) < 4.78 is 9.44. The number of nitrogens with one attached hydrogen (secondary N) is 1. The maximum Gasteiger partial charge on any atom is 0.410 e. The molecular weight excluding hydrogens is 380 g/mol. The topological polar surface area (TPSA) is 61.8 Å². The minimum Gasteiger partial charge on any atom is -0.446 e. The summed E-state index contributed by atoms with van der Waals surface area (Å²) in [5.41, 5.74) is 0.0174. The van der Waals surface area contributed by atoms with Gasteiger partial charge in [0.2, 0.25) is 0 Å². The average Bonchev–Trinajstić information content (AvgIpc) is 2.47. The van der Waals surface area contributed by atoms with E-state index in [0.29, 0.717) is 19.4 Å². The number of amides is 1. The summed E-state index contributed by atoms with van der Waals surface area (Å²) in [6.45, 7) is 4.31. The molecule has 1 aliphatic rings. The van der Waals surface area contributed by atoms with Gasteiger partial charge in [0.25, 0.3) is 0 Å². The van der Waals surface area contributed by atoms with Crippen LogP contribution in [0.5, 0.6) is 0 Å². The molecule has 0 bridgehead atoms. The lowest BCUT2D eigenvalue weighted by Crippen LogP contribution is -2.48. The van der Waals surface area contributed by atoms with E-state index in [0.717, 1.165) is 10.0 Å². The van der Waals surface area contributed by atoms with Crippen LogP contribution in [0, 0.1) is 0 Å². The van der Waals surface area contributed by atoms with Crippen molar-refractivity contribution in [2.24, 2.45) is 0 Å². The molecule has 23 heavy (non-hydrogen) atoms. The zero-order valence-electron chi connectivity index (χ0n) is 13.6. The van der Waals surface area contributed by atoms with Gasteiger partial charge in [-0.05, 0) is 37.8 Å². The lowest BCUT2D eigenvalue weighted by molar-refractivity contribution is -0.0413. The fourth-order valence-electron chi connectivity index (χ4n) is 2.77. The Balaban J connectivity index is 1.96. The van der Waals surface area contributed by atoms with E-state index in [1.165, 1.54) is 11.9 Å². The number of hydrogen-bond acceptors (Lipinski definition) is 5. The molecule has 0 aliphatic carbocycles. The number of carbonyl (C=O) groups is 1. The number of rotatable bonds is 6. The van der Waals surface area contributed by atoms with Crippen LogP contribution in [0.25, 0.3) is 0 Å². The van der Waals surface area contributed by atoms with Gasteiger partial charge in [-0.15, -0.1) is 0 Å². The minimum atomic E-state index is -1.05. The highest BCUT2D eigenvalue weighted by atomic mass is 79.9. The van der Waals surface area contributed by atoms with Crippen molar-refractivity contribution in [3.8, 4) is 0 Å². The summed E-state index contributed by atoms with van der Waals surface area (Å²) in [7, 11) is 0. The molecule has 3 unspecified atom stereocenters. The summed E-state index contributed by atoms with van der Waals surface area (Å²) in [5.74, 6) is 0. The van der Waals surface area contributed by atoms with Gasteiger partial charge >= 0.3 is 6.09 Å². The van der Waals surface area contributed by atoms with Gasteiger partial charge in [0.1, 0.15) is 11.8 Å². The highest BCUT2D eigenvalue weighted by Crippen LogP contribution is 2.28. The van der Waals surface area contributed by atoms with E-state index in [1.54, 1.807) is 11.8 Å². The van der Waals surface area contributed by atoms with E-state index in [2.05, 4.69) is 20.7 Å². The Morgan fingerprint density at radius 3 is 2.74 bits per heavy atom. The molecule has 1 fully saturated rings. The molecule has 3 atom stereocenters. The van der Waals surface area contributed by atoms with Crippen LogP contribution < -0.4 is 4.72 Å². The van der Waals surface area contributed by atoms with Crippen molar-refractivity contribution in [2.45, 2.75) is 44.6 Å². The molecule has 2 rings (SSSR count). The number of cyclic esters (lactones) is 1. The molecule has 1 aromatic carbocycles. The van der Waals surface area contributed by atoms with Crippen LogP contribution in [-0.4, -0.2) is 40.7 Å². The number of carbonyl (C=O) groups excluding carboxylic acids is 1. The Morgan fingerprint density at radius 1 is 1.52 bits per heavy atom. The molecule has 1 saturated heterocycles. The first kappa shape index (κ1) is 18.6. The van der Waals surface area contributed by atoms with E-state index in [4.69, 9.17) is 4.74 Å². The van der Waals surface area contributed by atoms with Gasteiger partial charge in [0.15, 0.2) is 0 Å². The van der Waals surface area contributed by atoms with Crippen LogP contribution in [0.1, 0.15) is 38.3 Å². The Hall–Kier alpha value is -0.760. The SMILES string of the molecule is CSNC(C)(O)CC1CCN(C(C)c2ccc(Br)cc2)C(=O)O1. The molecule has 128 valence electrons. The molecule has 0 aromatic heterocycles. The van der Waals surface area contributed by atoms with Crippen LogP contribution in [0.3, 0.4) is 0 Å². The Kier molecular flexibility index (Phi) is 6.36. The van der Waals surface area contributed by atoms with Crippen LogP contribution in [0.15, 0.2) is 28.7 Å². The summed E-state index contributed by atoms with van der Waals surface area (Å²) in [5, 5.41) is 10.2. The number of hydrogen-bond donors (Lipinski definition) is 2.